The van der Waals surface area contributed by atoms with Crippen LogP contribution in [0.4, 0.5) is 0 Å². The largest absolute Gasteiger partial charge is 0.379 e. The minimum absolute atomic E-state index is 0.0775. The van der Waals surface area contributed by atoms with Crippen LogP contribution in [0.15, 0.2) is 28.7 Å². The van der Waals surface area contributed by atoms with Crippen LogP contribution in [0.2, 0.25) is 0 Å². The molecule has 0 fully saturated rings. The van der Waals surface area contributed by atoms with Crippen LogP contribution in [-0.2, 0) is 4.74 Å². The van der Waals surface area contributed by atoms with Gasteiger partial charge in [0.05, 0.1) is 5.60 Å². The first-order valence-corrected chi connectivity index (χ1v) is 7.20. The number of ether oxygens (including phenoxy) is 1. The van der Waals surface area contributed by atoms with Crippen LogP contribution in [0, 0.1) is 0 Å². The molecule has 0 heterocycles. The molecule has 2 atom stereocenters. The molecule has 0 aromatic heterocycles. The van der Waals surface area contributed by atoms with E-state index in [0.717, 1.165) is 10.9 Å². The molecule has 1 rings (SSSR count). The SMILES string of the molecule is COC(C)(C)CC(C)N[C@H](C)c1ccc(Br)cc1. The summed E-state index contributed by atoms with van der Waals surface area (Å²) in [5.74, 6) is 0. The minimum Gasteiger partial charge on any atom is -0.379 e. The van der Waals surface area contributed by atoms with Crippen LogP contribution in [0.1, 0.15) is 45.7 Å². The van der Waals surface area contributed by atoms with Gasteiger partial charge in [0.2, 0.25) is 0 Å². The lowest BCUT2D eigenvalue weighted by Gasteiger charge is -2.29. The summed E-state index contributed by atoms with van der Waals surface area (Å²) >= 11 is 3.46. The molecule has 1 aromatic carbocycles. The average molecular weight is 314 g/mol. The van der Waals surface area contributed by atoms with E-state index in [1.54, 1.807) is 7.11 Å². The molecule has 18 heavy (non-hydrogen) atoms. The van der Waals surface area contributed by atoms with E-state index in [2.05, 4.69) is 73.2 Å². The summed E-state index contributed by atoms with van der Waals surface area (Å²) in [5.41, 5.74) is 1.23. The third kappa shape index (κ3) is 5.09. The van der Waals surface area contributed by atoms with Gasteiger partial charge in [-0.2, -0.15) is 0 Å². The highest BCUT2D eigenvalue weighted by molar-refractivity contribution is 9.10. The van der Waals surface area contributed by atoms with Crippen LogP contribution in [0.25, 0.3) is 0 Å². The lowest BCUT2D eigenvalue weighted by Crippen LogP contribution is -2.36. The van der Waals surface area contributed by atoms with Crippen molar-refractivity contribution in [2.75, 3.05) is 7.11 Å². The van der Waals surface area contributed by atoms with Crippen molar-refractivity contribution in [3.05, 3.63) is 34.3 Å². The van der Waals surface area contributed by atoms with Gasteiger partial charge < -0.3 is 10.1 Å². The van der Waals surface area contributed by atoms with Crippen molar-refractivity contribution in [3.63, 3.8) is 0 Å². The minimum atomic E-state index is -0.0775. The molecule has 0 spiro atoms. The van der Waals surface area contributed by atoms with Gasteiger partial charge in [-0.15, -0.1) is 0 Å². The van der Waals surface area contributed by atoms with Gasteiger partial charge in [-0.1, -0.05) is 28.1 Å². The Morgan fingerprint density at radius 3 is 2.28 bits per heavy atom. The highest BCUT2D eigenvalue weighted by atomic mass is 79.9. The number of methoxy groups -OCH3 is 1. The predicted molar refractivity (Wildman–Crippen MR) is 80.9 cm³/mol. The normalized spacial score (nSPS) is 15.4. The van der Waals surface area contributed by atoms with E-state index in [1.807, 2.05) is 0 Å². The molecule has 0 saturated heterocycles. The van der Waals surface area contributed by atoms with Crippen LogP contribution in [-0.4, -0.2) is 18.8 Å². The number of halogens is 1. The zero-order valence-electron chi connectivity index (χ0n) is 12.0. The van der Waals surface area contributed by atoms with Gasteiger partial charge in [0.1, 0.15) is 0 Å². The number of hydrogen-bond acceptors (Lipinski definition) is 2. The van der Waals surface area contributed by atoms with E-state index >= 15 is 0 Å². The summed E-state index contributed by atoms with van der Waals surface area (Å²) in [6.45, 7) is 8.64. The van der Waals surface area contributed by atoms with E-state index in [9.17, 15) is 0 Å². The maximum Gasteiger partial charge on any atom is 0.0637 e. The average Bonchev–Trinajstić information content (AvgIpc) is 2.29. The first-order chi connectivity index (χ1) is 8.34. The Kier molecular flexibility index (Phi) is 5.83. The van der Waals surface area contributed by atoms with Gasteiger partial charge in [0.15, 0.2) is 0 Å². The van der Waals surface area contributed by atoms with Crippen molar-refractivity contribution in [1.29, 1.82) is 0 Å². The van der Waals surface area contributed by atoms with Crippen molar-refractivity contribution < 1.29 is 4.74 Å². The molecule has 1 aromatic rings. The Hall–Kier alpha value is -0.380. The second-order valence-corrected chi connectivity index (χ2v) is 6.42. The van der Waals surface area contributed by atoms with Crippen molar-refractivity contribution >= 4 is 15.9 Å². The Morgan fingerprint density at radius 1 is 1.22 bits per heavy atom. The van der Waals surface area contributed by atoms with Crippen molar-refractivity contribution in [2.45, 2.75) is 51.8 Å². The van der Waals surface area contributed by atoms with Crippen LogP contribution < -0.4 is 5.32 Å². The molecule has 0 aliphatic carbocycles. The van der Waals surface area contributed by atoms with Crippen LogP contribution in [0.5, 0.6) is 0 Å². The maximum atomic E-state index is 5.47. The molecule has 3 heteroatoms. The highest BCUT2D eigenvalue weighted by Crippen LogP contribution is 2.20. The maximum absolute atomic E-state index is 5.47. The zero-order valence-corrected chi connectivity index (χ0v) is 13.5. The van der Waals surface area contributed by atoms with E-state index in [1.165, 1.54) is 5.56 Å². The number of nitrogens with one attached hydrogen (secondary N) is 1. The zero-order chi connectivity index (χ0) is 13.8. The van der Waals surface area contributed by atoms with Gasteiger partial charge in [0.25, 0.3) is 0 Å². The summed E-state index contributed by atoms with van der Waals surface area (Å²) in [7, 11) is 1.77. The summed E-state index contributed by atoms with van der Waals surface area (Å²) < 4.78 is 6.58. The van der Waals surface area contributed by atoms with Gasteiger partial charge in [0, 0.05) is 23.7 Å². The topological polar surface area (TPSA) is 21.3 Å². The number of rotatable bonds is 6. The Balaban J connectivity index is 2.54. The molecule has 0 aliphatic rings. The Morgan fingerprint density at radius 2 is 1.78 bits per heavy atom. The quantitative estimate of drug-likeness (QED) is 0.845. The molecule has 1 N–H and O–H groups in total. The number of hydrogen-bond donors (Lipinski definition) is 1. The molecular weight excluding hydrogens is 290 g/mol. The summed E-state index contributed by atoms with van der Waals surface area (Å²) in [5, 5.41) is 3.61. The first-order valence-electron chi connectivity index (χ1n) is 6.41. The summed E-state index contributed by atoms with van der Waals surface area (Å²) in [6.07, 6.45) is 0.990. The van der Waals surface area contributed by atoms with Gasteiger partial charge in [-0.25, -0.2) is 0 Å². The number of benzene rings is 1. The standard InChI is InChI=1S/C15H24BrNO/c1-11(10-15(3,4)18-5)17-12(2)13-6-8-14(16)9-7-13/h6-9,11-12,17H,10H2,1-5H3/t11?,12-/m1/s1. The van der Waals surface area contributed by atoms with Crippen LogP contribution in [0.3, 0.4) is 0 Å². The van der Waals surface area contributed by atoms with E-state index in [-0.39, 0.29) is 5.60 Å². The predicted octanol–water partition coefficient (Wildman–Crippen LogP) is 4.30. The van der Waals surface area contributed by atoms with E-state index < -0.39 is 0 Å². The van der Waals surface area contributed by atoms with Crippen molar-refractivity contribution in [2.24, 2.45) is 0 Å². The monoisotopic (exact) mass is 313 g/mol. The Bertz CT molecular complexity index is 361. The molecule has 0 bridgehead atoms. The molecule has 0 radical (unpaired) electrons. The smallest absolute Gasteiger partial charge is 0.0637 e. The van der Waals surface area contributed by atoms with Gasteiger partial charge >= 0.3 is 0 Å². The molecule has 102 valence electrons. The third-order valence-corrected chi connectivity index (χ3v) is 3.78. The summed E-state index contributed by atoms with van der Waals surface area (Å²) in [6, 6.07) is 9.22. The summed E-state index contributed by atoms with van der Waals surface area (Å²) in [4.78, 5) is 0. The highest BCUT2D eigenvalue weighted by Gasteiger charge is 2.21. The fourth-order valence-corrected chi connectivity index (χ4v) is 2.42. The van der Waals surface area contributed by atoms with Crippen molar-refractivity contribution in [3.8, 4) is 0 Å². The Labute approximate surface area is 119 Å². The first kappa shape index (κ1) is 15.7. The molecule has 2 nitrogen and oxygen atoms in total. The molecule has 0 amide bonds. The van der Waals surface area contributed by atoms with Crippen LogP contribution >= 0.6 is 15.9 Å². The van der Waals surface area contributed by atoms with Gasteiger partial charge in [-0.3, -0.25) is 0 Å². The molecule has 1 unspecified atom stereocenters. The van der Waals surface area contributed by atoms with E-state index in [0.29, 0.717) is 12.1 Å². The fourth-order valence-electron chi connectivity index (χ4n) is 2.15. The lowest BCUT2D eigenvalue weighted by molar-refractivity contribution is 0.00782. The fraction of sp³-hybridized carbons (Fsp3) is 0.600. The molecular formula is C15H24BrNO. The molecule has 0 aliphatic heterocycles. The lowest BCUT2D eigenvalue weighted by atomic mass is 9.98. The van der Waals surface area contributed by atoms with E-state index in [4.69, 9.17) is 4.74 Å². The van der Waals surface area contributed by atoms with Crippen molar-refractivity contribution in [1.82, 2.24) is 5.32 Å². The second-order valence-electron chi connectivity index (χ2n) is 5.51. The molecule has 0 saturated carbocycles. The van der Waals surface area contributed by atoms with Gasteiger partial charge in [-0.05, 0) is 51.8 Å². The second kappa shape index (κ2) is 6.69. The third-order valence-electron chi connectivity index (χ3n) is 3.25.